The summed E-state index contributed by atoms with van der Waals surface area (Å²) in [6.07, 6.45) is 1.63. The molecule has 1 amide bonds. The maximum Gasteiger partial charge on any atom is 0.228 e. The van der Waals surface area contributed by atoms with Crippen LogP contribution in [0.25, 0.3) is 17.0 Å². The number of carbonyl (C=O) groups is 2. The van der Waals surface area contributed by atoms with Crippen LogP contribution in [0.4, 0.5) is 5.69 Å². The van der Waals surface area contributed by atoms with Crippen molar-refractivity contribution in [3.63, 3.8) is 0 Å². The van der Waals surface area contributed by atoms with Crippen LogP contribution in [0, 0.1) is 11.3 Å². The van der Waals surface area contributed by atoms with Crippen LogP contribution < -0.4 is 4.90 Å². The van der Waals surface area contributed by atoms with Crippen molar-refractivity contribution in [3.05, 3.63) is 77.1 Å². The quantitative estimate of drug-likeness (QED) is 0.634. The lowest BCUT2D eigenvalue weighted by Gasteiger charge is -2.15. The third kappa shape index (κ3) is 2.45. The minimum atomic E-state index is -0.228. The molecule has 2 aromatic carbocycles. The molecule has 0 bridgehead atoms. The molecule has 4 rings (SSSR count). The molecule has 0 unspecified atom stereocenters. The maximum atomic E-state index is 12.7. The number of ketones is 1. The van der Waals surface area contributed by atoms with Gasteiger partial charge in [0.2, 0.25) is 11.7 Å². The Kier molecular flexibility index (Phi) is 3.59. The number of hydrogen-bond acceptors (Lipinski definition) is 4. The number of fused-ring (bicyclic) bond motifs is 2. The van der Waals surface area contributed by atoms with Gasteiger partial charge in [-0.2, -0.15) is 5.26 Å². The summed E-state index contributed by atoms with van der Waals surface area (Å²) in [5.41, 5.74) is 3.25. The molecule has 0 saturated carbocycles. The van der Waals surface area contributed by atoms with Gasteiger partial charge in [-0.25, -0.2) is 4.98 Å². The number of benzene rings is 2. The zero-order chi connectivity index (χ0) is 18.3. The van der Waals surface area contributed by atoms with Gasteiger partial charge in [0.05, 0.1) is 34.2 Å². The molecule has 124 valence electrons. The molecule has 5 heteroatoms. The van der Waals surface area contributed by atoms with E-state index in [-0.39, 0.29) is 11.7 Å². The lowest BCUT2D eigenvalue weighted by Crippen LogP contribution is -2.25. The van der Waals surface area contributed by atoms with Gasteiger partial charge in [-0.3, -0.25) is 14.5 Å². The molecule has 0 spiro atoms. The van der Waals surface area contributed by atoms with Gasteiger partial charge in [0.15, 0.2) is 0 Å². The minimum Gasteiger partial charge on any atom is -0.287 e. The predicted molar refractivity (Wildman–Crippen MR) is 98.4 cm³/mol. The first-order valence-electron chi connectivity index (χ1n) is 8.05. The number of anilines is 1. The summed E-state index contributed by atoms with van der Waals surface area (Å²) in [7, 11) is 0. The number of allylic oxidation sites excluding steroid dienone is 1. The summed E-state index contributed by atoms with van der Waals surface area (Å²) >= 11 is 0. The first-order valence-corrected chi connectivity index (χ1v) is 8.05. The largest absolute Gasteiger partial charge is 0.287 e. The zero-order valence-corrected chi connectivity index (χ0v) is 13.9. The van der Waals surface area contributed by atoms with Gasteiger partial charge in [-0.05, 0) is 42.5 Å². The van der Waals surface area contributed by atoms with Gasteiger partial charge < -0.3 is 0 Å². The van der Waals surface area contributed by atoms with E-state index >= 15 is 0 Å². The fourth-order valence-electron chi connectivity index (χ4n) is 3.13. The van der Waals surface area contributed by atoms with Crippen LogP contribution in [0.5, 0.6) is 0 Å². The summed E-state index contributed by atoms with van der Waals surface area (Å²) in [5.74, 6) is -0.425. The smallest absolute Gasteiger partial charge is 0.228 e. The molecule has 0 aliphatic carbocycles. The summed E-state index contributed by atoms with van der Waals surface area (Å²) in [6, 6.07) is 18.0. The molecule has 26 heavy (non-hydrogen) atoms. The number of carbonyl (C=O) groups excluding carboxylic acids is 2. The molecule has 2 heterocycles. The number of hydrogen-bond donors (Lipinski definition) is 0. The normalized spacial score (nSPS) is 14.5. The van der Waals surface area contributed by atoms with Crippen molar-refractivity contribution in [2.75, 3.05) is 4.90 Å². The molecule has 3 aromatic rings. The third-order valence-corrected chi connectivity index (χ3v) is 4.30. The van der Waals surface area contributed by atoms with Crippen molar-refractivity contribution in [2.45, 2.75) is 6.92 Å². The van der Waals surface area contributed by atoms with Crippen molar-refractivity contribution < 1.29 is 9.59 Å². The van der Waals surface area contributed by atoms with E-state index in [0.717, 1.165) is 10.9 Å². The summed E-state index contributed by atoms with van der Waals surface area (Å²) in [4.78, 5) is 30.8. The highest BCUT2D eigenvalue weighted by Crippen LogP contribution is 2.35. The molecule has 1 aromatic heterocycles. The highest BCUT2D eigenvalue weighted by atomic mass is 16.2. The standard InChI is InChI=1S/C21H13N3O2/c1-13(25)24-19-5-3-2-4-17(19)21(26)20(24)11-16-8-7-15-10-14(12-22)6-9-18(15)23-16/h2-11H,1H3/b20-11-. The SMILES string of the molecule is CC(=O)N1/C(=C\c2ccc3cc(C#N)ccc3n2)C(=O)c2ccccc21. The van der Waals surface area contributed by atoms with Crippen LogP contribution in [-0.2, 0) is 4.79 Å². The average molecular weight is 339 g/mol. The van der Waals surface area contributed by atoms with Crippen molar-refractivity contribution in [1.29, 1.82) is 5.26 Å². The topological polar surface area (TPSA) is 74.1 Å². The van der Waals surface area contributed by atoms with E-state index < -0.39 is 0 Å². The number of aromatic nitrogens is 1. The highest BCUT2D eigenvalue weighted by Gasteiger charge is 2.34. The Balaban J connectivity index is 1.83. The van der Waals surface area contributed by atoms with Gasteiger partial charge in [0.25, 0.3) is 0 Å². The first-order chi connectivity index (χ1) is 12.6. The van der Waals surface area contributed by atoms with Gasteiger partial charge in [-0.1, -0.05) is 18.2 Å². The maximum absolute atomic E-state index is 12.7. The minimum absolute atomic E-state index is 0.197. The molecule has 0 atom stereocenters. The predicted octanol–water partition coefficient (Wildman–Crippen LogP) is 3.70. The molecule has 0 fully saturated rings. The Morgan fingerprint density at radius 3 is 2.73 bits per heavy atom. The van der Waals surface area contributed by atoms with E-state index in [1.807, 2.05) is 6.07 Å². The number of pyridine rings is 1. The number of para-hydroxylation sites is 1. The average Bonchev–Trinajstić information content (AvgIpc) is 2.93. The van der Waals surface area contributed by atoms with Crippen LogP contribution in [-0.4, -0.2) is 16.7 Å². The van der Waals surface area contributed by atoms with Crippen LogP contribution in [0.2, 0.25) is 0 Å². The Labute approximate surface area is 149 Å². The number of Topliss-reactive ketones (excluding diaryl/α,β-unsaturated/α-hetero) is 1. The van der Waals surface area contributed by atoms with E-state index in [1.165, 1.54) is 11.8 Å². The molecular weight excluding hydrogens is 326 g/mol. The Morgan fingerprint density at radius 1 is 1.15 bits per heavy atom. The highest BCUT2D eigenvalue weighted by molar-refractivity contribution is 6.26. The van der Waals surface area contributed by atoms with Gasteiger partial charge in [0.1, 0.15) is 0 Å². The summed E-state index contributed by atoms with van der Waals surface area (Å²) in [6.45, 7) is 1.43. The van der Waals surface area contributed by atoms with Crippen molar-refractivity contribution in [3.8, 4) is 6.07 Å². The second-order valence-electron chi connectivity index (χ2n) is 5.99. The van der Waals surface area contributed by atoms with E-state index in [1.54, 1.807) is 54.6 Å². The fourth-order valence-corrected chi connectivity index (χ4v) is 3.13. The molecule has 0 N–H and O–H groups in total. The van der Waals surface area contributed by atoms with Crippen molar-refractivity contribution in [2.24, 2.45) is 0 Å². The number of amides is 1. The van der Waals surface area contributed by atoms with E-state index in [9.17, 15) is 9.59 Å². The lowest BCUT2D eigenvalue weighted by atomic mass is 10.1. The van der Waals surface area contributed by atoms with E-state index in [0.29, 0.717) is 28.2 Å². The van der Waals surface area contributed by atoms with Gasteiger partial charge in [0, 0.05) is 17.9 Å². The molecular formula is C21H13N3O2. The van der Waals surface area contributed by atoms with Crippen LogP contribution in [0.1, 0.15) is 28.5 Å². The van der Waals surface area contributed by atoms with E-state index in [4.69, 9.17) is 5.26 Å². The Hall–Kier alpha value is -3.78. The summed E-state index contributed by atoms with van der Waals surface area (Å²) < 4.78 is 0. The lowest BCUT2D eigenvalue weighted by molar-refractivity contribution is -0.116. The fraction of sp³-hybridized carbons (Fsp3) is 0.0476. The van der Waals surface area contributed by atoms with Crippen LogP contribution in [0.15, 0.2) is 60.3 Å². The second-order valence-corrected chi connectivity index (χ2v) is 5.99. The molecule has 1 aliphatic heterocycles. The summed E-state index contributed by atoms with van der Waals surface area (Å²) in [5, 5.41) is 9.83. The zero-order valence-electron chi connectivity index (χ0n) is 13.9. The van der Waals surface area contributed by atoms with Crippen molar-refractivity contribution >= 4 is 34.4 Å². The van der Waals surface area contributed by atoms with Crippen LogP contribution in [0.3, 0.4) is 0 Å². The molecule has 5 nitrogen and oxygen atoms in total. The molecule has 0 saturated heterocycles. The Bertz CT molecular complexity index is 1160. The van der Waals surface area contributed by atoms with E-state index in [2.05, 4.69) is 11.1 Å². The number of nitriles is 1. The molecule has 1 aliphatic rings. The van der Waals surface area contributed by atoms with Crippen LogP contribution >= 0.6 is 0 Å². The van der Waals surface area contributed by atoms with Gasteiger partial charge in [-0.15, -0.1) is 0 Å². The monoisotopic (exact) mass is 339 g/mol. The number of nitrogens with zero attached hydrogens (tertiary/aromatic N) is 3. The number of rotatable bonds is 1. The van der Waals surface area contributed by atoms with Crippen molar-refractivity contribution in [1.82, 2.24) is 4.98 Å². The third-order valence-electron chi connectivity index (χ3n) is 4.30. The Morgan fingerprint density at radius 2 is 1.96 bits per heavy atom. The molecule has 0 radical (unpaired) electrons. The first kappa shape index (κ1) is 15.7. The second kappa shape index (κ2) is 5.94. The van der Waals surface area contributed by atoms with Gasteiger partial charge >= 0.3 is 0 Å².